The van der Waals surface area contributed by atoms with Gasteiger partial charge in [-0.1, -0.05) is 6.07 Å². The maximum absolute atomic E-state index is 11.8. The highest BCUT2D eigenvalue weighted by Crippen LogP contribution is 2.34. The Bertz CT molecular complexity index is 636. The Morgan fingerprint density at radius 1 is 1.50 bits per heavy atom. The Labute approximate surface area is 153 Å². The molecule has 0 aliphatic carbocycles. The lowest BCUT2D eigenvalue weighted by atomic mass is 9.95. The number of hydrogen-bond donors (Lipinski definition) is 0. The standard InChI is InChI=1S/C18H26N2O6/c1-4-25-18(21)10-15(12-24-3)14-5-6-16(17(9-14)20(22)23)19-7-8-26-13(2)11-19/h5-6,9,13,15H,4,7-8,10-12H2,1-3H3. The molecule has 0 radical (unpaired) electrons. The molecule has 1 saturated heterocycles. The molecule has 1 aliphatic heterocycles. The number of nitro benzene ring substituents is 1. The number of carbonyl (C=O) groups excluding carboxylic acids is 1. The van der Waals surface area contributed by atoms with Gasteiger partial charge in [-0.2, -0.15) is 0 Å². The Hall–Kier alpha value is -2.19. The molecule has 0 spiro atoms. The first-order valence-electron chi connectivity index (χ1n) is 8.75. The molecule has 2 unspecified atom stereocenters. The first kappa shape index (κ1) is 20.1. The second-order valence-corrected chi connectivity index (χ2v) is 6.29. The average molecular weight is 366 g/mol. The van der Waals surface area contributed by atoms with E-state index in [9.17, 15) is 14.9 Å². The van der Waals surface area contributed by atoms with Crippen molar-refractivity contribution in [3.63, 3.8) is 0 Å². The minimum atomic E-state index is -0.382. The predicted molar refractivity (Wildman–Crippen MR) is 96.6 cm³/mol. The molecule has 0 amide bonds. The van der Waals surface area contributed by atoms with E-state index >= 15 is 0 Å². The SMILES string of the molecule is CCOC(=O)CC(COC)c1ccc(N2CCOC(C)C2)c([N+](=O)[O-])c1. The van der Waals surface area contributed by atoms with Crippen LogP contribution < -0.4 is 4.90 Å². The topological polar surface area (TPSA) is 91.1 Å². The van der Waals surface area contributed by atoms with Crippen LogP contribution in [0.3, 0.4) is 0 Å². The third kappa shape index (κ3) is 5.15. The lowest BCUT2D eigenvalue weighted by Gasteiger charge is -2.32. The van der Waals surface area contributed by atoms with Crippen molar-refractivity contribution in [2.24, 2.45) is 0 Å². The molecule has 2 atom stereocenters. The van der Waals surface area contributed by atoms with Crippen LogP contribution in [0, 0.1) is 10.1 Å². The first-order valence-corrected chi connectivity index (χ1v) is 8.75. The zero-order chi connectivity index (χ0) is 19.1. The van der Waals surface area contributed by atoms with E-state index in [1.54, 1.807) is 19.1 Å². The van der Waals surface area contributed by atoms with E-state index in [2.05, 4.69) is 0 Å². The number of ether oxygens (including phenoxy) is 3. The minimum Gasteiger partial charge on any atom is -0.466 e. The fraction of sp³-hybridized carbons (Fsp3) is 0.611. The second kappa shape index (κ2) is 9.49. The Balaban J connectivity index is 2.29. The molecule has 0 N–H and O–H groups in total. The van der Waals surface area contributed by atoms with Crippen LogP contribution >= 0.6 is 0 Å². The van der Waals surface area contributed by atoms with Crippen molar-refractivity contribution < 1.29 is 23.9 Å². The van der Waals surface area contributed by atoms with E-state index in [1.165, 1.54) is 7.11 Å². The summed E-state index contributed by atoms with van der Waals surface area (Å²) in [5, 5.41) is 11.6. The Morgan fingerprint density at radius 3 is 2.88 bits per heavy atom. The molecule has 0 saturated carbocycles. The minimum absolute atomic E-state index is 0.0214. The summed E-state index contributed by atoms with van der Waals surface area (Å²) in [7, 11) is 1.54. The zero-order valence-corrected chi connectivity index (χ0v) is 15.5. The van der Waals surface area contributed by atoms with Gasteiger partial charge in [-0.15, -0.1) is 0 Å². The van der Waals surface area contributed by atoms with Gasteiger partial charge in [-0.25, -0.2) is 0 Å². The summed E-state index contributed by atoms with van der Waals surface area (Å²) >= 11 is 0. The predicted octanol–water partition coefficient (Wildman–Crippen LogP) is 2.50. The van der Waals surface area contributed by atoms with Crippen LogP contribution in [0.5, 0.6) is 0 Å². The second-order valence-electron chi connectivity index (χ2n) is 6.29. The molecule has 8 heteroatoms. The Morgan fingerprint density at radius 2 is 2.27 bits per heavy atom. The highest BCUT2D eigenvalue weighted by Gasteiger charge is 2.26. The summed E-state index contributed by atoms with van der Waals surface area (Å²) < 4.78 is 15.7. The van der Waals surface area contributed by atoms with Gasteiger partial charge in [0.05, 0.1) is 37.3 Å². The summed E-state index contributed by atoms with van der Waals surface area (Å²) in [6.07, 6.45) is 0.139. The summed E-state index contributed by atoms with van der Waals surface area (Å²) in [4.78, 5) is 25.0. The van der Waals surface area contributed by atoms with Gasteiger partial charge >= 0.3 is 5.97 Å². The monoisotopic (exact) mass is 366 g/mol. The van der Waals surface area contributed by atoms with Crippen molar-refractivity contribution in [3.8, 4) is 0 Å². The average Bonchev–Trinajstić information content (AvgIpc) is 2.61. The highest BCUT2D eigenvalue weighted by molar-refractivity contribution is 5.71. The molecule has 1 aromatic carbocycles. The van der Waals surface area contributed by atoms with E-state index < -0.39 is 0 Å². The Kier molecular flexibility index (Phi) is 7.35. The van der Waals surface area contributed by atoms with Crippen LogP contribution in [0.2, 0.25) is 0 Å². The molecular formula is C18H26N2O6. The van der Waals surface area contributed by atoms with Crippen LogP contribution in [-0.4, -0.2) is 57.0 Å². The number of nitrogens with zero attached hydrogens (tertiary/aromatic N) is 2. The fourth-order valence-corrected chi connectivity index (χ4v) is 3.14. The third-order valence-corrected chi connectivity index (χ3v) is 4.34. The molecule has 8 nitrogen and oxygen atoms in total. The van der Waals surface area contributed by atoms with Gasteiger partial charge in [0.25, 0.3) is 5.69 Å². The van der Waals surface area contributed by atoms with Crippen molar-refractivity contribution in [2.45, 2.75) is 32.3 Å². The van der Waals surface area contributed by atoms with Crippen LogP contribution in [0.15, 0.2) is 18.2 Å². The number of nitro groups is 1. The lowest BCUT2D eigenvalue weighted by molar-refractivity contribution is -0.384. The van der Waals surface area contributed by atoms with Gasteiger partial charge in [0.1, 0.15) is 5.69 Å². The fourth-order valence-electron chi connectivity index (χ4n) is 3.14. The summed E-state index contributed by atoms with van der Waals surface area (Å²) in [5.41, 5.74) is 1.29. The van der Waals surface area contributed by atoms with Gasteiger partial charge in [0.2, 0.25) is 0 Å². The van der Waals surface area contributed by atoms with Crippen LogP contribution in [0.4, 0.5) is 11.4 Å². The van der Waals surface area contributed by atoms with E-state index in [0.29, 0.717) is 37.6 Å². The largest absolute Gasteiger partial charge is 0.466 e. The maximum Gasteiger partial charge on any atom is 0.306 e. The van der Waals surface area contributed by atoms with Gasteiger partial charge in [-0.05, 0) is 25.5 Å². The molecular weight excluding hydrogens is 340 g/mol. The van der Waals surface area contributed by atoms with Crippen LogP contribution in [0.25, 0.3) is 0 Å². The van der Waals surface area contributed by atoms with E-state index in [4.69, 9.17) is 14.2 Å². The van der Waals surface area contributed by atoms with Crippen molar-refractivity contribution in [1.82, 2.24) is 0 Å². The molecule has 1 aromatic rings. The summed E-state index contributed by atoms with van der Waals surface area (Å²) in [6.45, 7) is 6.01. The molecule has 1 aliphatic rings. The number of hydrogen-bond acceptors (Lipinski definition) is 7. The van der Waals surface area contributed by atoms with Gasteiger partial charge in [-0.3, -0.25) is 14.9 Å². The molecule has 1 fully saturated rings. The normalized spacial score (nSPS) is 18.4. The molecule has 1 heterocycles. The third-order valence-electron chi connectivity index (χ3n) is 4.34. The van der Waals surface area contributed by atoms with Crippen LogP contribution in [-0.2, 0) is 19.0 Å². The van der Waals surface area contributed by atoms with Crippen LogP contribution in [0.1, 0.15) is 31.7 Å². The van der Waals surface area contributed by atoms with Crippen molar-refractivity contribution in [2.75, 3.05) is 44.9 Å². The molecule has 26 heavy (non-hydrogen) atoms. The van der Waals surface area contributed by atoms with E-state index in [1.807, 2.05) is 17.9 Å². The quantitative estimate of drug-likeness (QED) is 0.396. The number of benzene rings is 1. The highest BCUT2D eigenvalue weighted by atomic mass is 16.6. The van der Waals surface area contributed by atoms with Gasteiger partial charge in [0.15, 0.2) is 0 Å². The molecule has 0 aromatic heterocycles. The van der Waals surface area contributed by atoms with Gasteiger partial charge in [0, 0.05) is 32.2 Å². The number of morpholine rings is 1. The smallest absolute Gasteiger partial charge is 0.306 e. The number of carbonyl (C=O) groups is 1. The number of methoxy groups -OCH3 is 1. The first-order chi connectivity index (χ1) is 12.5. The number of rotatable bonds is 8. The summed E-state index contributed by atoms with van der Waals surface area (Å²) in [5.74, 6) is -0.640. The van der Waals surface area contributed by atoms with E-state index in [-0.39, 0.29) is 41.6 Å². The molecule has 144 valence electrons. The number of anilines is 1. The van der Waals surface area contributed by atoms with Crippen molar-refractivity contribution in [3.05, 3.63) is 33.9 Å². The lowest BCUT2D eigenvalue weighted by Crippen LogP contribution is -2.41. The summed E-state index contributed by atoms with van der Waals surface area (Å²) in [6, 6.07) is 5.11. The molecule has 2 rings (SSSR count). The van der Waals surface area contributed by atoms with Gasteiger partial charge < -0.3 is 19.1 Å². The van der Waals surface area contributed by atoms with E-state index in [0.717, 1.165) is 0 Å². The van der Waals surface area contributed by atoms with Crippen molar-refractivity contribution >= 4 is 17.3 Å². The number of esters is 1. The zero-order valence-electron chi connectivity index (χ0n) is 15.5. The maximum atomic E-state index is 11.8. The van der Waals surface area contributed by atoms with Crippen molar-refractivity contribution in [1.29, 1.82) is 0 Å². The molecule has 0 bridgehead atoms.